The third kappa shape index (κ3) is 5.32. The second-order valence-corrected chi connectivity index (χ2v) is 9.13. The minimum absolute atomic E-state index is 0.373. The van der Waals surface area contributed by atoms with Crippen molar-refractivity contribution in [3.63, 3.8) is 0 Å². The molecule has 0 saturated carbocycles. The number of nitrogens with zero attached hydrogens (tertiary/aromatic N) is 6. The average Bonchev–Trinajstić information content (AvgIpc) is 3.62. The molecule has 11 heteroatoms. The smallest absolute Gasteiger partial charge is 0.229 e. The summed E-state index contributed by atoms with van der Waals surface area (Å²) in [7, 11) is 5.26. The molecule has 1 aliphatic rings. The summed E-state index contributed by atoms with van der Waals surface area (Å²) in [6.45, 7) is 4.08. The first-order chi connectivity index (χ1) is 18.6. The predicted octanol–water partition coefficient (Wildman–Crippen LogP) is 3.68. The number of imidazole rings is 1. The van der Waals surface area contributed by atoms with E-state index in [0.29, 0.717) is 35.3 Å². The number of aromatic nitrogens is 4. The van der Waals surface area contributed by atoms with E-state index in [4.69, 9.17) is 14.5 Å². The standard InChI is InChI=1S/C27H32N8O3/c1-33(12-13-34-10-4-5-11-34)23-16-25(38-3)22(15-21(23)30-18-36)31-27-28-9-8-26(32-27)35-17-29-20-7-6-19(37-2)14-24(20)35/h6-9,14-18H,4-5,10-13H2,1-3H3,(H,30,36)(H,28,31,32). The summed E-state index contributed by atoms with van der Waals surface area (Å²) in [5.41, 5.74) is 3.85. The highest BCUT2D eigenvalue weighted by Crippen LogP contribution is 2.37. The molecule has 4 aromatic rings. The number of methoxy groups -OCH3 is 2. The largest absolute Gasteiger partial charge is 0.497 e. The number of carbonyl (C=O) groups excluding carboxylic acids is 1. The lowest BCUT2D eigenvalue weighted by molar-refractivity contribution is -0.105. The number of amides is 1. The number of anilines is 4. The number of hydrogen-bond donors (Lipinski definition) is 2. The van der Waals surface area contributed by atoms with Gasteiger partial charge in [0.25, 0.3) is 0 Å². The quantitative estimate of drug-likeness (QED) is 0.289. The Morgan fingerprint density at radius 3 is 2.66 bits per heavy atom. The molecular formula is C27H32N8O3. The third-order valence-corrected chi connectivity index (χ3v) is 6.78. The van der Waals surface area contributed by atoms with E-state index in [9.17, 15) is 4.79 Å². The SMILES string of the molecule is COc1ccc2ncn(-c3ccnc(Nc4cc(NC=O)c(N(C)CCN5CCCC5)cc4OC)n3)c2c1. The average molecular weight is 517 g/mol. The molecule has 2 N–H and O–H groups in total. The van der Waals surface area contributed by atoms with E-state index >= 15 is 0 Å². The minimum Gasteiger partial charge on any atom is -0.497 e. The van der Waals surface area contributed by atoms with Gasteiger partial charge in [0.05, 0.1) is 42.3 Å². The number of fused-ring (bicyclic) bond motifs is 1. The Morgan fingerprint density at radius 1 is 1.05 bits per heavy atom. The summed E-state index contributed by atoms with van der Waals surface area (Å²) < 4.78 is 13.0. The lowest BCUT2D eigenvalue weighted by Gasteiger charge is -2.26. The van der Waals surface area contributed by atoms with Crippen molar-refractivity contribution < 1.29 is 14.3 Å². The third-order valence-electron chi connectivity index (χ3n) is 6.78. The fourth-order valence-corrected chi connectivity index (χ4v) is 4.71. The maximum atomic E-state index is 11.4. The number of likely N-dealkylation sites (tertiary alicyclic amines) is 1. The molecule has 0 bridgehead atoms. The highest BCUT2D eigenvalue weighted by Gasteiger charge is 2.17. The Labute approximate surface area is 221 Å². The van der Waals surface area contributed by atoms with Crippen LogP contribution in [-0.4, -0.2) is 78.3 Å². The molecule has 38 heavy (non-hydrogen) atoms. The van der Waals surface area contributed by atoms with Crippen LogP contribution in [0.15, 0.2) is 48.9 Å². The molecule has 5 rings (SSSR count). The summed E-state index contributed by atoms with van der Waals surface area (Å²) in [5.74, 6) is 2.35. The molecule has 0 aliphatic carbocycles. The Hall–Kier alpha value is -4.38. The van der Waals surface area contributed by atoms with Gasteiger partial charge in [0.15, 0.2) is 0 Å². The van der Waals surface area contributed by atoms with Crippen molar-refractivity contribution in [2.45, 2.75) is 12.8 Å². The fraction of sp³-hybridized carbons (Fsp3) is 0.333. The van der Waals surface area contributed by atoms with Crippen molar-refractivity contribution in [2.75, 3.05) is 63.0 Å². The zero-order valence-corrected chi connectivity index (χ0v) is 21.8. The lowest BCUT2D eigenvalue weighted by Crippen LogP contribution is -2.31. The van der Waals surface area contributed by atoms with Crippen LogP contribution in [0.3, 0.4) is 0 Å². The van der Waals surface area contributed by atoms with E-state index in [-0.39, 0.29) is 0 Å². The summed E-state index contributed by atoms with van der Waals surface area (Å²) in [5, 5.41) is 6.08. The van der Waals surface area contributed by atoms with E-state index in [0.717, 1.165) is 48.6 Å². The Bertz CT molecular complexity index is 1420. The zero-order chi connectivity index (χ0) is 26.5. The number of carbonyl (C=O) groups is 1. The number of benzene rings is 2. The van der Waals surface area contributed by atoms with Gasteiger partial charge in [0, 0.05) is 38.5 Å². The number of rotatable bonds is 11. The van der Waals surface area contributed by atoms with Gasteiger partial charge in [-0.1, -0.05) is 0 Å². The van der Waals surface area contributed by atoms with E-state index < -0.39 is 0 Å². The second-order valence-electron chi connectivity index (χ2n) is 9.13. The zero-order valence-electron chi connectivity index (χ0n) is 21.8. The molecule has 1 aliphatic heterocycles. The number of nitrogens with one attached hydrogen (secondary N) is 2. The van der Waals surface area contributed by atoms with Gasteiger partial charge in [-0.25, -0.2) is 9.97 Å². The van der Waals surface area contributed by atoms with E-state index in [2.05, 4.69) is 30.4 Å². The molecule has 1 fully saturated rings. The normalized spacial score (nSPS) is 13.4. The predicted molar refractivity (Wildman–Crippen MR) is 148 cm³/mol. The molecule has 198 valence electrons. The summed E-state index contributed by atoms with van der Waals surface area (Å²) >= 11 is 0. The van der Waals surface area contributed by atoms with Crippen LogP contribution >= 0.6 is 0 Å². The van der Waals surface area contributed by atoms with Crippen molar-refractivity contribution >= 4 is 40.5 Å². The van der Waals surface area contributed by atoms with E-state index in [1.165, 1.54) is 12.8 Å². The van der Waals surface area contributed by atoms with Crippen molar-refractivity contribution in [2.24, 2.45) is 0 Å². The maximum absolute atomic E-state index is 11.4. The fourth-order valence-electron chi connectivity index (χ4n) is 4.71. The van der Waals surface area contributed by atoms with Gasteiger partial charge in [-0.3, -0.25) is 9.36 Å². The van der Waals surface area contributed by atoms with E-state index in [1.807, 2.05) is 41.9 Å². The Morgan fingerprint density at radius 2 is 1.89 bits per heavy atom. The molecular weight excluding hydrogens is 484 g/mol. The molecule has 0 atom stereocenters. The molecule has 11 nitrogen and oxygen atoms in total. The molecule has 2 aromatic heterocycles. The van der Waals surface area contributed by atoms with Crippen LogP contribution in [-0.2, 0) is 4.79 Å². The van der Waals surface area contributed by atoms with Crippen LogP contribution in [0.1, 0.15) is 12.8 Å². The number of likely N-dealkylation sites (N-methyl/N-ethyl adjacent to an activating group) is 1. The summed E-state index contributed by atoms with van der Waals surface area (Å²) in [6, 6.07) is 11.2. The molecule has 0 unspecified atom stereocenters. The lowest BCUT2D eigenvalue weighted by atomic mass is 10.2. The van der Waals surface area contributed by atoms with Crippen LogP contribution in [0.5, 0.6) is 11.5 Å². The van der Waals surface area contributed by atoms with Gasteiger partial charge >= 0.3 is 0 Å². The first-order valence-electron chi connectivity index (χ1n) is 12.6. The second kappa shape index (κ2) is 11.3. The Kier molecular flexibility index (Phi) is 7.55. The highest BCUT2D eigenvalue weighted by atomic mass is 16.5. The summed E-state index contributed by atoms with van der Waals surface area (Å²) in [4.78, 5) is 29.6. The van der Waals surface area contributed by atoms with Crippen LogP contribution in [0.2, 0.25) is 0 Å². The van der Waals surface area contributed by atoms with Crippen molar-refractivity contribution in [3.8, 4) is 17.3 Å². The van der Waals surface area contributed by atoms with Crippen LogP contribution < -0.4 is 25.0 Å². The van der Waals surface area contributed by atoms with Crippen molar-refractivity contribution in [1.29, 1.82) is 0 Å². The monoisotopic (exact) mass is 516 g/mol. The minimum atomic E-state index is 0.373. The van der Waals surface area contributed by atoms with Crippen LogP contribution in [0.25, 0.3) is 16.9 Å². The first kappa shape index (κ1) is 25.3. The topological polar surface area (TPSA) is 110 Å². The van der Waals surface area contributed by atoms with Gasteiger partial charge in [0.1, 0.15) is 23.6 Å². The summed E-state index contributed by atoms with van der Waals surface area (Å²) in [6.07, 6.45) is 6.58. The molecule has 1 amide bonds. The van der Waals surface area contributed by atoms with Gasteiger partial charge in [-0.05, 0) is 50.2 Å². The van der Waals surface area contributed by atoms with Crippen LogP contribution in [0.4, 0.5) is 23.0 Å². The van der Waals surface area contributed by atoms with Gasteiger partial charge in [0.2, 0.25) is 12.4 Å². The molecule has 1 saturated heterocycles. The van der Waals surface area contributed by atoms with Gasteiger partial charge < -0.3 is 29.9 Å². The number of ether oxygens (including phenoxy) is 2. The van der Waals surface area contributed by atoms with Crippen molar-refractivity contribution in [3.05, 3.63) is 48.9 Å². The first-order valence-corrected chi connectivity index (χ1v) is 12.6. The molecule has 2 aromatic carbocycles. The van der Waals surface area contributed by atoms with Gasteiger partial charge in [-0.15, -0.1) is 0 Å². The van der Waals surface area contributed by atoms with E-state index in [1.54, 1.807) is 32.8 Å². The van der Waals surface area contributed by atoms with Gasteiger partial charge in [-0.2, -0.15) is 4.98 Å². The number of hydrogen-bond acceptors (Lipinski definition) is 9. The molecule has 0 radical (unpaired) electrons. The maximum Gasteiger partial charge on any atom is 0.229 e. The highest BCUT2D eigenvalue weighted by molar-refractivity contribution is 5.87. The molecule has 3 heterocycles. The van der Waals surface area contributed by atoms with Crippen LogP contribution in [0, 0.1) is 0 Å². The van der Waals surface area contributed by atoms with Crippen molar-refractivity contribution in [1.82, 2.24) is 24.4 Å². The molecule has 0 spiro atoms. The Balaban J connectivity index is 1.42.